The van der Waals surface area contributed by atoms with Gasteiger partial charge in [-0.1, -0.05) is 29.8 Å². The van der Waals surface area contributed by atoms with E-state index in [1.165, 1.54) is 4.90 Å². The van der Waals surface area contributed by atoms with Gasteiger partial charge in [0.25, 0.3) is 5.91 Å². The summed E-state index contributed by atoms with van der Waals surface area (Å²) in [5, 5.41) is 1.01. The number of thiazole rings is 1. The van der Waals surface area contributed by atoms with Crippen LogP contribution in [0.5, 0.6) is 0 Å². The second kappa shape index (κ2) is 7.57. The Labute approximate surface area is 174 Å². The molecule has 1 fully saturated rings. The third-order valence-electron chi connectivity index (χ3n) is 5.59. The van der Waals surface area contributed by atoms with Crippen LogP contribution < -0.4 is 9.80 Å². The van der Waals surface area contributed by atoms with Crippen LogP contribution in [0.3, 0.4) is 0 Å². The minimum atomic E-state index is -0.504. The van der Waals surface area contributed by atoms with Crippen molar-refractivity contribution in [1.82, 2.24) is 9.88 Å². The van der Waals surface area contributed by atoms with E-state index in [0.29, 0.717) is 6.67 Å². The van der Waals surface area contributed by atoms with Crippen LogP contribution in [-0.2, 0) is 4.79 Å². The summed E-state index contributed by atoms with van der Waals surface area (Å²) in [7, 11) is 2.00. The second-order valence-electron chi connectivity index (χ2n) is 7.68. The third-order valence-corrected chi connectivity index (χ3v) is 6.81. The fraction of sp³-hybridized carbons (Fsp3) is 0.318. The molecule has 4 rings (SSSR count). The van der Waals surface area contributed by atoms with Crippen molar-refractivity contribution in [3.63, 3.8) is 0 Å². The molecule has 1 N–H and O–H groups in total. The lowest BCUT2D eigenvalue weighted by molar-refractivity contribution is -0.917. The number of carbonyl (C=O) groups excluding carboxylic acids is 2. The first-order chi connectivity index (χ1) is 13.9. The number of quaternary nitrogens is 1. The van der Waals surface area contributed by atoms with E-state index >= 15 is 0 Å². The first-order valence-corrected chi connectivity index (χ1v) is 10.6. The van der Waals surface area contributed by atoms with Gasteiger partial charge in [0.05, 0.1) is 17.3 Å². The summed E-state index contributed by atoms with van der Waals surface area (Å²) in [5.41, 5.74) is 2.85. The summed E-state index contributed by atoms with van der Waals surface area (Å²) in [6.07, 6.45) is 0. The molecule has 3 amide bonds. The maximum Gasteiger partial charge on any atom is 0.336 e. The van der Waals surface area contributed by atoms with Crippen molar-refractivity contribution in [3.05, 3.63) is 59.1 Å². The molecule has 6 nitrogen and oxygen atoms in total. The standard InChI is InChI=1S/C22H24N4O2S/c1-14-9-11-17(12-10-14)26-16(3)21(27)25(22(26)28)13-24(4)15(2)20-23-18-7-5-6-8-19(18)29-20/h5-12,15-16H,13H2,1-4H3/p+1/t15-,16+/m0/s1. The number of imide groups is 1. The Morgan fingerprint density at radius 1 is 1.14 bits per heavy atom. The molecule has 0 bridgehead atoms. The molecular weight excluding hydrogens is 384 g/mol. The second-order valence-corrected chi connectivity index (χ2v) is 8.74. The van der Waals surface area contributed by atoms with Crippen molar-refractivity contribution >= 4 is 39.2 Å². The highest BCUT2D eigenvalue weighted by Gasteiger charge is 2.45. The zero-order chi connectivity index (χ0) is 20.7. The molecule has 1 saturated heterocycles. The number of rotatable bonds is 5. The lowest BCUT2D eigenvalue weighted by Crippen LogP contribution is -3.10. The van der Waals surface area contributed by atoms with Gasteiger partial charge >= 0.3 is 6.03 Å². The molecule has 3 aromatic rings. The molecule has 2 heterocycles. The van der Waals surface area contributed by atoms with Crippen molar-refractivity contribution in [2.24, 2.45) is 0 Å². The average Bonchev–Trinajstić information content (AvgIpc) is 3.23. The monoisotopic (exact) mass is 409 g/mol. The van der Waals surface area contributed by atoms with Crippen LogP contribution in [-0.4, -0.2) is 41.6 Å². The number of hydrogen-bond donors (Lipinski definition) is 1. The van der Waals surface area contributed by atoms with Crippen molar-refractivity contribution in [2.45, 2.75) is 32.9 Å². The first kappa shape index (κ1) is 19.5. The smallest absolute Gasteiger partial charge is 0.312 e. The number of aromatic nitrogens is 1. The Morgan fingerprint density at radius 2 is 1.83 bits per heavy atom. The number of aryl methyl sites for hydroxylation is 1. The highest BCUT2D eigenvalue weighted by Crippen LogP contribution is 2.27. The van der Waals surface area contributed by atoms with E-state index in [1.807, 2.05) is 56.4 Å². The van der Waals surface area contributed by atoms with Gasteiger partial charge in [-0.3, -0.25) is 9.69 Å². The number of benzene rings is 2. The minimum Gasteiger partial charge on any atom is -0.312 e. The summed E-state index contributed by atoms with van der Waals surface area (Å²) in [5.74, 6) is -0.161. The van der Waals surface area contributed by atoms with Gasteiger partial charge in [0.2, 0.25) is 0 Å². The number of nitrogens with one attached hydrogen (secondary N) is 1. The molecule has 0 radical (unpaired) electrons. The molecule has 3 atom stereocenters. The fourth-order valence-corrected chi connectivity index (χ4v) is 4.70. The summed E-state index contributed by atoms with van der Waals surface area (Å²) >= 11 is 1.66. The largest absolute Gasteiger partial charge is 0.336 e. The van der Waals surface area contributed by atoms with Gasteiger partial charge in [-0.05, 0) is 45.0 Å². The molecule has 150 valence electrons. The number of urea groups is 1. The Balaban J connectivity index is 1.52. The van der Waals surface area contributed by atoms with E-state index in [4.69, 9.17) is 4.98 Å². The molecule has 0 spiro atoms. The molecule has 1 unspecified atom stereocenters. The topological polar surface area (TPSA) is 58.0 Å². The Bertz CT molecular complexity index is 1030. The summed E-state index contributed by atoms with van der Waals surface area (Å²) in [6, 6.07) is 15.0. The molecule has 2 aromatic carbocycles. The van der Waals surface area contributed by atoms with E-state index in [2.05, 4.69) is 13.0 Å². The molecule has 1 aromatic heterocycles. The maximum absolute atomic E-state index is 13.1. The van der Waals surface area contributed by atoms with E-state index in [1.54, 1.807) is 23.2 Å². The van der Waals surface area contributed by atoms with Gasteiger partial charge in [-0.25, -0.2) is 14.7 Å². The molecule has 1 aliphatic rings. The number of para-hydroxylation sites is 1. The first-order valence-electron chi connectivity index (χ1n) is 9.76. The lowest BCUT2D eigenvalue weighted by atomic mass is 10.2. The van der Waals surface area contributed by atoms with Crippen LogP contribution in [0.4, 0.5) is 10.5 Å². The molecule has 0 saturated carbocycles. The van der Waals surface area contributed by atoms with Crippen molar-refractivity contribution in [3.8, 4) is 0 Å². The zero-order valence-electron chi connectivity index (χ0n) is 17.0. The lowest BCUT2D eigenvalue weighted by Gasteiger charge is -2.24. The Kier molecular flexibility index (Phi) is 5.10. The SMILES string of the molecule is Cc1ccc(N2C(=O)N(C[NH+](C)[C@@H](C)c3nc4ccccc4s3)C(=O)[C@H]2C)cc1. The highest BCUT2D eigenvalue weighted by atomic mass is 32.1. The molecule has 29 heavy (non-hydrogen) atoms. The van der Waals surface area contributed by atoms with Gasteiger partial charge in [0.15, 0.2) is 11.7 Å². The fourth-order valence-electron chi connectivity index (χ4n) is 3.58. The van der Waals surface area contributed by atoms with Gasteiger partial charge < -0.3 is 4.90 Å². The van der Waals surface area contributed by atoms with Crippen LogP contribution in [0.25, 0.3) is 10.2 Å². The van der Waals surface area contributed by atoms with Crippen molar-refractivity contribution in [2.75, 3.05) is 18.6 Å². The zero-order valence-corrected chi connectivity index (χ0v) is 17.9. The number of amides is 3. The number of nitrogens with zero attached hydrogens (tertiary/aromatic N) is 3. The number of fused-ring (bicyclic) bond motifs is 1. The van der Waals surface area contributed by atoms with E-state index in [0.717, 1.165) is 31.4 Å². The Hall–Kier alpha value is -2.77. The van der Waals surface area contributed by atoms with E-state index < -0.39 is 6.04 Å². The average molecular weight is 410 g/mol. The van der Waals surface area contributed by atoms with Crippen molar-refractivity contribution in [1.29, 1.82) is 0 Å². The van der Waals surface area contributed by atoms with Gasteiger partial charge in [-0.2, -0.15) is 0 Å². The van der Waals surface area contributed by atoms with Crippen LogP contribution in [0, 0.1) is 6.92 Å². The third kappa shape index (κ3) is 3.52. The Morgan fingerprint density at radius 3 is 2.52 bits per heavy atom. The van der Waals surface area contributed by atoms with Crippen LogP contribution in [0.15, 0.2) is 48.5 Å². The molecular formula is C22H25N4O2S+. The summed E-state index contributed by atoms with van der Waals surface area (Å²) in [6.45, 7) is 6.17. The number of hydrogen-bond acceptors (Lipinski definition) is 4. The quantitative estimate of drug-likeness (QED) is 0.659. The summed E-state index contributed by atoms with van der Waals surface area (Å²) < 4.78 is 1.15. The van der Waals surface area contributed by atoms with Crippen LogP contribution in [0.1, 0.15) is 30.5 Å². The van der Waals surface area contributed by atoms with Gasteiger partial charge in [-0.15, -0.1) is 11.3 Å². The van der Waals surface area contributed by atoms with Gasteiger partial charge in [0.1, 0.15) is 12.1 Å². The summed E-state index contributed by atoms with van der Waals surface area (Å²) in [4.78, 5) is 34.6. The van der Waals surface area contributed by atoms with Crippen LogP contribution >= 0.6 is 11.3 Å². The van der Waals surface area contributed by atoms with Gasteiger partial charge in [0, 0.05) is 5.69 Å². The number of anilines is 1. The maximum atomic E-state index is 13.1. The van der Waals surface area contributed by atoms with Crippen molar-refractivity contribution < 1.29 is 14.5 Å². The number of carbonyl (C=O) groups is 2. The molecule has 1 aliphatic heterocycles. The van der Waals surface area contributed by atoms with E-state index in [9.17, 15) is 9.59 Å². The predicted octanol–water partition coefficient (Wildman–Crippen LogP) is 3.00. The highest BCUT2D eigenvalue weighted by molar-refractivity contribution is 7.18. The van der Waals surface area contributed by atoms with E-state index in [-0.39, 0.29) is 18.0 Å². The molecule has 7 heteroatoms. The van der Waals surface area contributed by atoms with Crippen LogP contribution in [0.2, 0.25) is 0 Å². The predicted molar refractivity (Wildman–Crippen MR) is 115 cm³/mol. The normalized spacial score (nSPS) is 19.2. The minimum absolute atomic E-state index is 0.0664. The molecule has 0 aliphatic carbocycles.